The van der Waals surface area contributed by atoms with Crippen LogP contribution in [0.3, 0.4) is 0 Å². The molecule has 1 saturated carbocycles. The SMILES string of the molecule is O=S(=O)(Cc1nnnn1CC1CC1)C1Cc2ccccc2C1. The predicted molar refractivity (Wildman–Crippen MR) is 80.8 cm³/mol. The van der Waals surface area contributed by atoms with Crippen LogP contribution in [0.25, 0.3) is 0 Å². The van der Waals surface area contributed by atoms with Gasteiger partial charge in [-0.25, -0.2) is 13.1 Å². The maximum Gasteiger partial charge on any atom is 0.166 e. The van der Waals surface area contributed by atoms with Crippen molar-refractivity contribution in [3.05, 3.63) is 41.2 Å². The quantitative estimate of drug-likeness (QED) is 0.827. The van der Waals surface area contributed by atoms with E-state index in [2.05, 4.69) is 15.5 Å². The van der Waals surface area contributed by atoms with Gasteiger partial charge < -0.3 is 0 Å². The average molecular weight is 318 g/mol. The molecule has 0 amide bonds. The van der Waals surface area contributed by atoms with Crippen LogP contribution in [0.15, 0.2) is 24.3 Å². The molecule has 1 heterocycles. The molecule has 2 aliphatic rings. The summed E-state index contributed by atoms with van der Waals surface area (Å²) >= 11 is 0. The van der Waals surface area contributed by atoms with Crippen molar-refractivity contribution < 1.29 is 8.42 Å². The van der Waals surface area contributed by atoms with E-state index in [9.17, 15) is 8.42 Å². The van der Waals surface area contributed by atoms with Crippen LogP contribution in [0, 0.1) is 5.92 Å². The minimum atomic E-state index is -3.25. The summed E-state index contributed by atoms with van der Waals surface area (Å²) in [6.45, 7) is 0.739. The van der Waals surface area contributed by atoms with Crippen molar-refractivity contribution in [3.63, 3.8) is 0 Å². The molecule has 2 aliphatic carbocycles. The highest BCUT2D eigenvalue weighted by atomic mass is 32.2. The predicted octanol–water partition coefficient (Wildman–Crippen LogP) is 1.17. The summed E-state index contributed by atoms with van der Waals surface area (Å²) < 4.78 is 27.1. The van der Waals surface area contributed by atoms with Crippen molar-refractivity contribution in [3.8, 4) is 0 Å². The van der Waals surface area contributed by atoms with Gasteiger partial charge in [-0.3, -0.25) is 0 Å². The maximum absolute atomic E-state index is 12.7. The Balaban J connectivity index is 1.52. The van der Waals surface area contributed by atoms with Gasteiger partial charge in [-0.15, -0.1) is 5.10 Å². The summed E-state index contributed by atoms with van der Waals surface area (Å²) in [6, 6.07) is 7.96. The van der Waals surface area contributed by atoms with Gasteiger partial charge in [0.1, 0.15) is 5.75 Å². The minimum Gasteiger partial charge on any atom is -0.228 e. The number of nitrogens with zero attached hydrogens (tertiary/aromatic N) is 4. The van der Waals surface area contributed by atoms with Crippen LogP contribution in [-0.2, 0) is 35.0 Å². The maximum atomic E-state index is 12.7. The Kier molecular flexibility index (Phi) is 3.25. The van der Waals surface area contributed by atoms with Crippen LogP contribution in [-0.4, -0.2) is 33.9 Å². The molecular formula is C15H18N4O2S. The van der Waals surface area contributed by atoms with Crippen molar-refractivity contribution in [2.45, 2.75) is 43.2 Å². The molecule has 0 unspecified atom stereocenters. The number of fused-ring (bicyclic) bond motifs is 1. The first kappa shape index (κ1) is 13.9. The zero-order valence-corrected chi connectivity index (χ0v) is 13.0. The first-order chi connectivity index (χ1) is 10.6. The molecule has 0 aliphatic heterocycles. The molecule has 0 N–H and O–H groups in total. The molecule has 22 heavy (non-hydrogen) atoms. The summed E-state index contributed by atoms with van der Waals surface area (Å²) in [5.41, 5.74) is 2.29. The normalized spacial score (nSPS) is 18.5. The molecule has 0 radical (unpaired) electrons. The molecule has 1 aromatic heterocycles. The Morgan fingerprint density at radius 1 is 1.14 bits per heavy atom. The van der Waals surface area contributed by atoms with Gasteiger partial charge in [-0.1, -0.05) is 24.3 Å². The van der Waals surface area contributed by atoms with Crippen molar-refractivity contribution in [2.24, 2.45) is 5.92 Å². The fraction of sp³-hybridized carbons (Fsp3) is 0.533. The first-order valence-corrected chi connectivity index (χ1v) is 9.37. The lowest BCUT2D eigenvalue weighted by molar-refractivity contribution is 0.525. The van der Waals surface area contributed by atoms with Gasteiger partial charge in [0.15, 0.2) is 15.7 Å². The molecule has 1 fully saturated rings. The van der Waals surface area contributed by atoms with E-state index >= 15 is 0 Å². The van der Waals surface area contributed by atoms with E-state index in [0.717, 1.165) is 17.7 Å². The molecule has 0 saturated heterocycles. The van der Waals surface area contributed by atoms with Gasteiger partial charge >= 0.3 is 0 Å². The molecular weight excluding hydrogens is 300 g/mol. The molecule has 1 aromatic carbocycles. The van der Waals surface area contributed by atoms with Crippen LogP contribution >= 0.6 is 0 Å². The number of sulfone groups is 1. The third kappa shape index (κ3) is 2.65. The highest BCUT2D eigenvalue weighted by Crippen LogP contribution is 2.31. The van der Waals surface area contributed by atoms with Crippen LogP contribution < -0.4 is 0 Å². The molecule has 7 heteroatoms. The van der Waals surface area contributed by atoms with Gasteiger partial charge in [0.05, 0.1) is 5.25 Å². The number of benzene rings is 1. The average Bonchev–Trinajstić information content (AvgIpc) is 3.03. The summed E-state index contributed by atoms with van der Waals surface area (Å²) in [6.07, 6.45) is 3.57. The topological polar surface area (TPSA) is 77.7 Å². The molecule has 0 spiro atoms. The molecule has 0 atom stereocenters. The lowest BCUT2D eigenvalue weighted by atomic mass is 10.1. The lowest BCUT2D eigenvalue weighted by Crippen LogP contribution is -2.25. The van der Waals surface area contributed by atoms with Crippen LogP contribution in [0.2, 0.25) is 0 Å². The van der Waals surface area contributed by atoms with Crippen molar-refractivity contribution >= 4 is 9.84 Å². The summed E-state index contributed by atoms with van der Waals surface area (Å²) in [5, 5.41) is 11.2. The van der Waals surface area contributed by atoms with E-state index in [1.807, 2.05) is 24.3 Å². The Morgan fingerprint density at radius 2 is 1.82 bits per heavy atom. The fourth-order valence-corrected chi connectivity index (χ4v) is 4.75. The van der Waals surface area contributed by atoms with Crippen molar-refractivity contribution in [1.82, 2.24) is 20.2 Å². The summed E-state index contributed by atoms with van der Waals surface area (Å²) in [7, 11) is -3.25. The molecule has 116 valence electrons. The third-order valence-corrected chi connectivity index (χ3v) is 6.60. The Bertz CT molecular complexity index is 770. The fourth-order valence-electron chi connectivity index (χ4n) is 3.08. The Morgan fingerprint density at radius 3 is 2.45 bits per heavy atom. The van der Waals surface area contributed by atoms with Crippen LogP contribution in [0.4, 0.5) is 0 Å². The van der Waals surface area contributed by atoms with Crippen LogP contribution in [0.5, 0.6) is 0 Å². The van der Waals surface area contributed by atoms with E-state index in [-0.39, 0.29) is 11.0 Å². The molecule has 2 aromatic rings. The number of rotatable bonds is 5. The second-order valence-electron chi connectivity index (χ2n) is 6.33. The monoisotopic (exact) mass is 318 g/mol. The highest BCUT2D eigenvalue weighted by Gasteiger charge is 2.34. The molecule has 4 rings (SSSR count). The second-order valence-corrected chi connectivity index (χ2v) is 8.61. The Hall–Kier alpha value is -1.76. The van der Waals surface area contributed by atoms with E-state index in [1.54, 1.807) is 4.68 Å². The molecule has 0 bridgehead atoms. The number of hydrogen-bond acceptors (Lipinski definition) is 5. The highest BCUT2D eigenvalue weighted by molar-refractivity contribution is 7.91. The third-order valence-electron chi connectivity index (χ3n) is 4.59. The van der Waals surface area contributed by atoms with E-state index in [1.165, 1.54) is 12.8 Å². The number of hydrogen-bond donors (Lipinski definition) is 0. The number of aromatic nitrogens is 4. The van der Waals surface area contributed by atoms with Gasteiger partial charge in [0, 0.05) is 6.54 Å². The zero-order valence-electron chi connectivity index (χ0n) is 12.2. The van der Waals surface area contributed by atoms with Gasteiger partial charge in [-0.05, 0) is 53.2 Å². The van der Waals surface area contributed by atoms with Crippen molar-refractivity contribution in [1.29, 1.82) is 0 Å². The van der Waals surface area contributed by atoms with E-state index < -0.39 is 9.84 Å². The number of tetrazole rings is 1. The minimum absolute atomic E-state index is 0.0641. The van der Waals surface area contributed by atoms with Crippen molar-refractivity contribution in [2.75, 3.05) is 0 Å². The Labute approximate surface area is 129 Å². The summed E-state index contributed by atoms with van der Waals surface area (Å²) in [5.74, 6) is 1.02. The smallest absolute Gasteiger partial charge is 0.166 e. The van der Waals surface area contributed by atoms with Gasteiger partial charge in [0.2, 0.25) is 0 Å². The summed E-state index contributed by atoms with van der Waals surface area (Å²) in [4.78, 5) is 0. The van der Waals surface area contributed by atoms with Gasteiger partial charge in [-0.2, -0.15) is 0 Å². The largest absolute Gasteiger partial charge is 0.228 e. The standard InChI is InChI=1S/C15H18N4O2S/c20-22(21,14-7-12-3-1-2-4-13(12)8-14)10-15-16-17-18-19(15)9-11-5-6-11/h1-4,11,14H,5-10H2. The molecule has 6 nitrogen and oxygen atoms in total. The first-order valence-electron chi connectivity index (χ1n) is 7.65. The van der Waals surface area contributed by atoms with Crippen LogP contribution in [0.1, 0.15) is 29.8 Å². The van der Waals surface area contributed by atoms with E-state index in [4.69, 9.17) is 0 Å². The lowest BCUT2D eigenvalue weighted by Gasteiger charge is -2.11. The zero-order chi connectivity index (χ0) is 15.2. The second kappa shape index (κ2) is 5.15. The van der Waals surface area contributed by atoms with E-state index in [0.29, 0.717) is 24.6 Å². The van der Waals surface area contributed by atoms with Gasteiger partial charge in [0.25, 0.3) is 0 Å².